The molecule has 1 aromatic heterocycles. The minimum absolute atomic E-state index is 0.0444. The number of amides is 1. The van der Waals surface area contributed by atoms with Gasteiger partial charge < -0.3 is 9.88 Å². The highest BCUT2D eigenvalue weighted by molar-refractivity contribution is 7.89. The number of benzene rings is 3. The normalized spacial score (nSPS) is 11.6. The molecule has 32 heavy (non-hydrogen) atoms. The average Bonchev–Trinajstić information content (AvgIpc) is 3.14. The van der Waals surface area contributed by atoms with Crippen molar-refractivity contribution < 1.29 is 17.6 Å². The number of nitrogens with zero attached hydrogens (tertiary/aromatic N) is 1. The molecule has 0 aliphatic rings. The van der Waals surface area contributed by atoms with E-state index in [9.17, 15) is 17.6 Å². The maximum absolute atomic E-state index is 14.2. The molecule has 0 unspecified atom stereocenters. The maximum Gasteiger partial charge on any atom is 0.267 e. The van der Waals surface area contributed by atoms with Crippen LogP contribution >= 0.6 is 0 Å². The van der Waals surface area contributed by atoms with Crippen molar-refractivity contribution in [2.75, 3.05) is 6.54 Å². The second-order valence-corrected chi connectivity index (χ2v) is 9.02. The van der Waals surface area contributed by atoms with E-state index in [1.165, 1.54) is 18.2 Å². The lowest BCUT2D eigenvalue weighted by Gasteiger charge is -2.12. The molecule has 0 saturated carbocycles. The van der Waals surface area contributed by atoms with Crippen molar-refractivity contribution in [3.63, 3.8) is 0 Å². The first-order chi connectivity index (χ1) is 15.3. The van der Waals surface area contributed by atoms with Gasteiger partial charge in [0.1, 0.15) is 11.5 Å². The number of aromatic nitrogens is 1. The fourth-order valence-electron chi connectivity index (χ4n) is 3.62. The summed E-state index contributed by atoms with van der Waals surface area (Å²) in [6.45, 7) is 0.590. The van der Waals surface area contributed by atoms with Crippen LogP contribution in [0.4, 0.5) is 4.39 Å². The minimum Gasteiger partial charge on any atom is -0.350 e. The highest BCUT2D eigenvalue weighted by atomic mass is 32.2. The Balaban J connectivity index is 1.51. The molecule has 4 aromatic rings. The number of nitrogens with one attached hydrogen (secondary N) is 1. The molecule has 164 valence electrons. The van der Waals surface area contributed by atoms with Gasteiger partial charge in [0, 0.05) is 23.0 Å². The first-order valence-electron chi connectivity index (χ1n) is 10.0. The summed E-state index contributed by atoms with van der Waals surface area (Å²) >= 11 is 0. The van der Waals surface area contributed by atoms with Crippen LogP contribution in [0.15, 0.2) is 83.8 Å². The number of rotatable bonds is 7. The van der Waals surface area contributed by atoms with Crippen LogP contribution in [0.3, 0.4) is 0 Å². The molecule has 6 nitrogen and oxygen atoms in total. The van der Waals surface area contributed by atoms with Crippen molar-refractivity contribution in [3.05, 3.63) is 102 Å². The third-order valence-electron chi connectivity index (χ3n) is 5.28. The van der Waals surface area contributed by atoms with E-state index in [4.69, 9.17) is 5.14 Å². The Bertz CT molecular complexity index is 1380. The van der Waals surface area contributed by atoms with Crippen LogP contribution in [-0.4, -0.2) is 25.4 Å². The standard InChI is InChI=1S/C24H22FN3O3S/c25-21-7-3-1-6-19(21)16-28-22-8-4-2-5-18(22)15-23(28)24(29)27-14-13-17-9-11-20(12-10-17)32(26,30)31/h1-12,15H,13-14,16H2,(H,27,29)(H2,26,30,31). The van der Waals surface area contributed by atoms with Gasteiger partial charge in [-0.3, -0.25) is 4.79 Å². The lowest BCUT2D eigenvalue weighted by molar-refractivity contribution is 0.0945. The van der Waals surface area contributed by atoms with E-state index in [1.54, 1.807) is 36.4 Å². The lowest BCUT2D eigenvalue weighted by atomic mass is 10.1. The lowest BCUT2D eigenvalue weighted by Crippen LogP contribution is -2.28. The molecule has 8 heteroatoms. The van der Waals surface area contributed by atoms with Gasteiger partial charge in [0.05, 0.1) is 11.4 Å². The Morgan fingerprint density at radius 1 is 0.969 bits per heavy atom. The maximum atomic E-state index is 14.2. The van der Waals surface area contributed by atoms with Crippen LogP contribution < -0.4 is 10.5 Å². The molecule has 0 spiro atoms. The smallest absolute Gasteiger partial charge is 0.267 e. The number of carbonyl (C=O) groups excluding carboxylic acids is 1. The minimum atomic E-state index is -3.74. The Kier molecular flexibility index (Phi) is 6.07. The SMILES string of the molecule is NS(=O)(=O)c1ccc(CCNC(=O)c2cc3ccccc3n2Cc2ccccc2F)cc1. The summed E-state index contributed by atoms with van der Waals surface area (Å²) < 4.78 is 38.8. The first-order valence-corrected chi connectivity index (χ1v) is 11.6. The van der Waals surface area contributed by atoms with E-state index in [2.05, 4.69) is 5.32 Å². The van der Waals surface area contributed by atoms with Crippen LogP contribution in [0.1, 0.15) is 21.6 Å². The summed E-state index contributed by atoms with van der Waals surface area (Å²) in [5.41, 5.74) is 2.65. The average molecular weight is 452 g/mol. The number of nitrogens with two attached hydrogens (primary N) is 1. The number of carbonyl (C=O) groups is 1. The van der Waals surface area contributed by atoms with Gasteiger partial charge in [-0.1, -0.05) is 48.5 Å². The molecule has 0 saturated heterocycles. The quantitative estimate of drug-likeness (QED) is 0.451. The van der Waals surface area contributed by atoms with Crippen molar-refractivity contribution in [2.24, 2.45) is 5.14 Å². The Morgan fingerprint density at radius 2 is 1.66 bits per heavy atom. The number of primary sulfonamides is 1. The molecule has 3 aromatic carbocycles. The van der Waals surface area contributed by atoms with Gasteiger partial charge >= 0.3 is 0 Å². The largest absolute Gasteiger partial charge is 0.350 e. The zero-order chi connectivity index (χ0) is 22.7. The Morgan fingerprint density at radius 3 is 2.38 bits per heavy atom. The molecule has 0 radical (unpaired) electrons. The number of hydrogen-bond donors (Lipinski definition) is 2. The summed E-state index contributed by atoms with van der Waals surface area (Å²) in [7, 11) is -3.74. The molecule has 1 amide bonds. The highest BCUT2D eigenvalue weighted by Gasteiger charge is 2.16. The van der Waals surface area contributed by atoms with E-state index >= 15 is 0 Å². The van der Waals surface area contributed by atoms with Gasteiger partial charge in [-0.2, -0.15) is 0 Å². The Labute approximate surface area is 185 Å². The number of para-hydroxylation sites is 1. The van der Waals surface area contributed by atoms with E-state index in [0.717, 1.165) is 16.5 Å². The molecular formula is C24H22FN3O3S. The summed E-state index contributed by atoms with van der Waals surface area (Å²) in [5.74, 6) is -0.585. The fraction of sp³-hybridized carbons (Fsp3) is 0.125. The van der Waals surface area contributed by atoms with E-state index in [1.807, 2.05) is 28.8 Å². The second kappa shape index (κ2) is 8.94. The molecular weight excluding hydrogens is 429 g/mol. The van der Waals surface area contributed by atoms with Crippen LogP contribution in [0.5, 0.6) is 0 Å². The monoisotopic (exact) mass is 451 g/mol. The third-order valence-corrected chi connectivity index (χ3v) is 6.21. The van der Waals surface area contributed by atoms with Gasteiger partial charge in [-0.15, -0.1) is 0 Å². The molecule has 1 heterocycles. The van der Waals surface area contributed by atoms with E-state index in [0.29, 0.717) is 24.2 Å². The number of halogens is 1. The number of sulfonamides is 1. The van der Waals surface area contributed by atoms with Gasteiger partial charge in [-0.05, 0) is 42.3 Å². The van der Waals surface area contributed by atoms with Crippen molar-refractivity contribution in [1.82, 2.24) is 9.88 Å². The second-order valence-electron chi connectivity index (χ2n) is 7.46. The van der Waals surface area contributed by atoms with E-state index in [-0.39, 0.29) is 23.2 Å². The van der Waals surface area contributed by atoms with E-state index < -0.39 is 10.0 Å². The Hall–Kier alpha value is -3.49. The zero-order valence-electron chi connectivity index (χ0n) is 17.2. The molecule has 0 fully saturated rings. The summed E-state index contributed by atoms with van der Waals surface area (Å²) in [6.07, 6.45) is 0.518. The molecule has 4 rings (SSSR count). The van der Waals surface area contributed by atoms with Crippen molar-refractivity contribution in [3.8, 4) is 0 Å². The number of fused-ring (bicyclic) bond motifs is 1. The van der Waals surface area contributed by atoms with Crippen molar-refractivity contribution >= 4 is 26.8 Å². The van der Waals surface area contributed by atoms with Crippen molar-refractivity contribution in [2.45, 2.75) is 17.9 Å². The number of hydrogen-bond acceptors (Lipinski definition) is 3. The van der Waals surface area contributed by atoms with Crippen LogP contribution in [0.2, 0.25) is 0 Å². The van der Waals surface area contributed by atoms with Crippen LogP contribution in [0, 0.1) is 5.82 Å². The molecule has 0 aliphatic carbocycles. The van der Waals surface area contributed by atoms with Gasteiger partial charge in [0.15, 0.2) is 0 Å². The molecule has 3 N–H and O–H groups in total. The van der Waals surface area contributed by atoms with Gasteiger partial charge in [0.25, 0.3) is 5.91 Å². The molecule has 0 atom stereocenters. The molecule has 0 bridgehead atoms. The third kappa shape index (κ3) is 4.71. The first kappa shape index (κ1) is 21.7. The fourth-order valence-corrected chi connectivity index (χ4v) is 4.14. The van der Waals surface area contributed by atoms with Crippen molar-refractivity contribution in [1.29, 1.82) is 0 Å². The van der Waals surface area contributed by atoms with Crippen LogP contribution in [0.25, 0.3) is 10.9 Å². The predicted molar refractivity (Wildman–Crippen MR) is 121 cm³/mol. The van der Waals surface area contributed by atoms with Gasteiger partial charge in [-0.25, -0.2) is 17.9 Å². The summed E-state index contributed by atoms with van der Waals surface area (Å²) in [5, 5.41) is 8.90. The summed E-state index contributed by atoms with van der Waals surface area (Å²) in [6, 6.07) is 22.1. The van der Waals surface area contributed by atoms with Crippen LogP contribution in [-0.2, 0) is 23.0 Å². The highest BCUT2D eigenvalue weighted by Crippen LogP contribution is 2.22. The topological polar surface area (TPSA) is 94.2 Å². The van der Waals surface area contributed by atoms with Gasteiger partial charge in [0.2, 0.25) is 10.0 Å². The predicted octanol–water partition coefficient (Wildman–Crippen LogP) is 3.45. The zero-order valence-corrected chi connectivity index (χ0v) is 18.0. The molecule has 0 aliphatic heterocycles. The summed E-state index contributed by atoms with van der Waals surface area (Å²) in [4.78, 5) is 13.0.